The first-order valence-electron chi connectivity index (χ1n) is 7.59. The highest BCUT2D eigenvalue weighted by Gasteiger charge is 2.44. The highest BCUT2D eigenvalue weighted by atomic mass is 79.9. The maximum Gasteiger partial charge on any atom is 0.338 e. The van der Waals surface area contributed by atoms with Gasteiger partial charge in [-0.25, -0.2) is 4.79 Å². The number of hydrogen-bond acceptors (Lipinski definition) is 4. The highest BCUT2D eigenvalue weighted by molar-refractivity contribution is 9.09. The van der Waals surface area contributed by atoms with E-state index in [1.54, 1.807) is 42.5 Å². The molecule has 0 radical (unpaired) electrons. The highest BCUT2D eigenvalue weighted by Crippen LogP contribution is 2.40. The third-order valence-electron chi connectivity index (χ3n) is 3.79. The molecule has 7 heteroatoms. The predicted molar refractivity (Wildman–Crippen MR) is 99.5 cm³/mol. The van der Waals surface area contributed by atoms with Gasteiger partial charge in [-0.1, -0.05) is 63.4 Å². The summed E-state index contributed by atoms with van der Waals surface area (Å²) in [7, 11) is 0. The first kappa shape index (κ1) is 18.7. The van der Waals surface area contributed by atoms with Crippen molar-refractivity contribution in [3.05, 3.63) is 69.7 Å². The molecule has 25 heavy (non-hydrogen) atoms. The van der Waals surface area contributed by atoms with Gasteiger partial charge in [-0.05, 0) is 24.3 Å². The second-order valence-electron chi connectivity index (χ2n) is 5.53. The van der Waals surface area contributed by atoms with E-state index < -0.39 is 17.9 Å². The molecule has 2 atom stereocenters. The van der Waals surface area contributed by atoms with Crippen molar-refractivity contribution >= 4 is 45.1 Å². The minimum absolute atomic E-state index is 0.0910. The van der Waals surface area contributed by atoms with E-state index in [4.69, 9.17) is 37.4 Å². The van der Waals surface area contributed by atoms with Gasteiger partial charge in [0.2, 0.25) is 5.79 Å². The van der Waals surface area contributed by atoms with Crippen LogP contribution in [0.4, 0.5) is 0 Å². The van der Waals surface area contributed by atoms with Gasteiger partial charge in [0.15, 0.2) is 0 Å². The van der Waals surface area contributed by atoms with Gasteiger partial charge in [-0.3, -0.25) is 0 Å². The number of rotatable bonds is 5. The zero-order valence-corrected chi connectivity index (χ0v) is 16.2. The van der Waals surface area contributed by atoms with Crippen molar-refractivity contribution in [3.63, 3.8) is 0 Å². The Morgan fingerprint density at radius 1 is 1.24 bits per heavy atom. The number of carbonyl (C=O) groups is 1. The van der Waals surface area contributed by atoms with E-state index in [-0.39, 0.29) is 13.2 Å². The topological polar surface area (TPSA) is 44.8 Å². The summed E-state index contributed by atoms with van der Waals surface area (Å²) in [5.74, 6) is -1.43. The van der Waals surface area contributed by atoms with Crippen LogP contribution < -0.4 is 0 Å². The van der Waals surface area contributed by atoms with E-state index in [1.165, 1.54) is 0 Å². The van der Waals surface area contributed by atoms with Crippen LogP contribution in [0.3, 0.4) is 0 Å². The van der Waals surface area contributed by atoms with Gasteiger partial charge >= 0.3 is 5.97 Å². The molecule has 1 aliphatic heterocycles. The average molecular weight is 446 g/mol. The fourth-order valence-electron chi connectivity index (χ4n) is 2.55. The van der Waals surface area contributed by atoms with E-state index >= 15 is 0 Å². The molecule has 0 aliphatic carbocycles. The molecule has 2 aromatic rings. The van der Waals surface area contributed by atoms with Crippen LogP contribution >= 0.6 is 39.1 Å². The third-order valence-corrected chi connectivity index (χ3v) is 5.07. The van der Waals surface area contributed by atoms with Gasteiger partial charge in [-0.2, -0.15) is 0 Å². The Morgan fingerprint density at radius 3 is 2.68 bits per heavy atom. The summed E-state index contributed by atoms with van der Waals surface area (Å²) < 4.78 is 17.2. The Morgan fingerprint density at radius 2 is 2.00 bits per heavy atom. The van der Waals surface area contributed by atoms with Crippen LogP contribution in [0.25, 0.3) is 0 Å². The van der Waals surface area contributed by atoms with Crippen molar-refractivity contribution in [1.82, 2.24) is 0 Å². The molecule has 132 valence electrons. The van der Waals surface area contributed by atoms with Gasteiger partial charge in [0, 0.05) is 10.6 Å². The van der Waals surface area contributed by atoms with Crippen LogP contribution in [0.15, 0.2) is 48.5 Å². The Kier molecular flexibility index (Phi) is 6.02. The van der Waals surface area contributed by atoms with E-state index in [0.29, 0.717) is 26.5 Å². The first-order chi connectivity index (χ1) is 12.0. The monoisotopic (exact) mass is 444 g/mol. The van der Waals surface area contributed by atoms with Gasteiger partial charge < -0.3 is 14.2 Å². The van der Waals surface area contributed by atoms with E-state index in [1.807, 2.05) is 6.07 Å². The zero-order valence-electron chi connectivity index (χ0n) is 13.1. The molecule has 2 aromatic carbocycles. The molecule has 1 aliphatic rings. The predicted octanol–water partition coefficient (Wildman–Crippen LogP) is 4.81. The molecule has 1 fully saturated rings. The summed E-state index contributed by atoms with van der Waals surface area (Å²) in [6.45, 7) is 0.375. The number of benzene rings is 2. The van der Waals surface area contributed by atoms with Crippen molar-refractivity contribution in [2.45, 2.75) is 11.9 Å². The molecule has 4 nitrogen and oxygen atoms in total. The molecule has 0 saturated carbocycles. The second kappa shape index (κ2) is 8.06. The standard InChI is InChI=1S/C18H15BrCl2O4/c19-11-18(15-7-6-13(20)8-16(15)21)24-10-14(25-18)9-23-17(22)12-4-2-1-3-5-12/h1-8,14H,9-11H2/t14-,18?/m0/s1. The minimum atomic E-state index is -1.04. The van der Waals surface area contributed by atoms with E-state index in [9.17, 15) is 4.79 Å². The summed E-state index contributed by atoms with van der Waals surface area (Å²) in [4.78, 5) is 12.0. The molecule has 3 rings (SSSR count). The Bertz CT molecular complexity index is 756. The number of ether oxygens (including phenoxy) is 3. The minimum Gasteiger partial charge on any atom is -0.459 e. The number of alkyl halides is 1. The summed E-state index contributed by atoms with van der Waals surface area (Å²) >= 11 is 15.6. The number of esters is 1. The fraction of sp³-hybridized carbons (Fsp3) is 0.278. The maximum atomic E-state index is 12.0. The first-order valence-corrected chi connectivity index (χ1v) is 9.47. The van der Waals surface area contributed by atoms with Crippen molar-refractivity contribution < 1.29 is 19.0 Å². The fourth-order valence-corrected chi connectivity index (χ4v) is 3.70. The Labute approximate surface area is 164 Å². The normalized spacial score (nSPS) is 22.8. The number of hydrogen-bond donors (Lipinski definition) is 0. The summed E-state index contributed by atoms with van der Waals surface area (Å²) in [5.41, 5.74) is 1.17. The lowest BCUT2D eigenvalue weighted by Gasteiger charge is -2.27. The average Bonchev–Trinajstić information content (AvgIpc) is 3.05. The smallest absolute Gasteiger partial charge is 0.338 e. The lowest BCUT2D eigenvalue weighted by atomic mass is 10.1. The lowest BCUT2D eigenvalue weighted by Crippen LogP contribution is -2.31. The summed E-state index contributed by atoms with van der Waals surface area (Å²) in [6.07, 6.45) is -0.392. The molecule has 1 saturated heterocycles. The Hall–Kier alpha value is -1.11. The van der Waals surface area contributed by atoms with Crippen LogP contribution in [0, 0.1) is 0 Å². The molecule has 0 amide bonds. The maximum absolute atomic E-state index is 12.0. The van der Waals surface area contributed by atoms with Crippen molar-refractivity contribution in [2.75, 3.05) is 18.5 Å². The third kappa shape index (κ3) is 4.18. The van der Waals surface area contributed by atoms with Crippen LogP contribution in [-0.4, -0.2) is 30.6 Å². The summed E-state index contributed by atoms with van der Waals surface area (Å²) in [5, 5.41) is 1.36. The molecular weight excluding hydrogens is 431 g/mol. The molecule has 0 N–H and O–H groups in total. The number of carbonyl (C=O) groups excluding carboxylic acids is 1. The molecular formula is C18H15BrCl2O4. The molecule has 0 spiro atoms. The zero-order chi connectivity index (χ0) is 17.9. The van der Waals surface area contributed by atoms with Gasteiger partial charge in [-0.15, -0.1) is 0 Å². The quantitative estimate of drug-likeness (QED) is 0.489. The summed E-state index contributed by atoms with van der Waals surface area (Å²) in [6, 6.07) is 13.9. The van der Waals surface area contributed by atoms with Crippen LogP contribution in [-0.2, 0) is 20.0 Å². The molecule has 1 unspecified atom stereocenters. The molecule has 0 aromatic heterocycles. The van der Waals surface area contributed by atoms with Gasteiger partial charge in [0.25, 0.3) is 0 Å². The Balaban J connectivity index is 1.66. The molecule has 0 bridgehead atoms. The van der Waals surface area contributed by atoms with Crippen molar-refractivity contribution in [3.8, 4) is 0 Å². The van der Waals surface area contributed by atoms with Crippen molar-refractivity contribution in [1.29, 1.82) is 0 Å². The van der Waals surface area contributed by atoms with Crippen LogP contribution in [0.1, 0.15) is 15.9 Å². The SMILES string of the molecule is O=C(OC[C@H]1COC(CBr)(c2ccc(Cl)cc2Cl)O1)c1ccccc1. The molecule has 1 heterocycles. The van der Waals surface area contributed by atoms with E-state index in [0.717, 1.165) is 0 Å². The van der Waals surface area contributed by atoms with Crippen LogP contribution in [0.2, 0.25) is 10.0 Å². The largest absolute Gasteiger partial charge is 0.459 e. The van der Waals surface area contributed by atoms with Crippen LogP contribution in [0.5, 0.6) is 0 Å². The van der Waals surface area contributed by atoms with E-state index in [2.05, 4.69) is 15.9 Å². The lowest BCUT2D eigenvalue weighted by molar-refractivity contribution is -0.160. The number of halogens is 3. The van der Waals surface area contributed by atoms with Gasteiger partial charge in [0.05, 0.1) is 22.5 Å². The second-order valence-corrected chi connectivity index (χ2v) is 6.93. The van der Waals surface area contributed by atoms with Crippen molar-refractivity contribution in [2.24, 2.45) is 0 Å². The van der Waals surface area contributed by atoms with Gasteiger partial charge in [0.1, 0.15) is 12.7 Å².